The van der Waals surface area contributed by atoms with Gasteiger partial charge in [0.25, 0.3) is 0 Å². The molecule has 1 unspecified atom stereocenters. The van der Waals surface area contributed by atoms with Gasteiger partial charge in [-0.05, 0) is 31.2 Å². The first-order valence-corrected chi connectivity index (χ1v) is 7.86. The van der Waals surface area contributed by atoms with Crippen LogP contribution in [0.25, 0.3) is 0 Å². The van der Waals surface area contributed by atoms with Crippen LogP contribution in [0.4, 0.5) is 0 Å². The van der Waals surface area contributed by atoms with Crippen molar-refractivity contribution in [3.8, 4) is 0 Å². The molecule has 1 aromatic carbocycles. The lowest BCUT2D eigenvalue weighted by Crippen LogP contribution is -2.44. The predicted molar refractivity (Wildman–Crippen MR) is 88.0 cm³/mol. The highest BCUT2D eigenvalue weighted by Crippen LogP contribution is 2.19. The first-order chi connectivity index (χ1) is 9.65. The minimum atomic E-state index is 0.232. The lowest BCUT2D eigenvalue weighted by Gasteiger charge is -2.17. The van der Waals surface area contributed by atoms with Crippen LogP contribution in [0.15, 0.2) is 34.2 Å². The first kappa shape index (κ1) is 17.1. The van der Waals surface area contributed by atoms with Crippen molar-refractivity contribution in [1.82, 2.24) is 10.6 Å². The summed E-state index contributed by atoms with van der Waals surface area (Å²) in [6.45, 7) is 3.55. The summed E-state index contributed by atoms with van der Waals surface area (Å²) in [4.78, 5) is 5.39. The van der Waals surface area contributed by atoms with E-state index in [1.54, 1.807) is 25.9 Å². The Balaban J connectivity index is 2.23. The molecule has 1 rings (SSSR count). The van der Waals surface area contributed by atoms with Gasteiger partial charge in [-0.2, -0.15) is 0 Å². The lowest BCUT2D eigenvalue weighted by atomic mass is 10.4. The Labute approximate surface area is 130 Å². The van der Waals surface area contributed by atoms with E-state index >= 15 is 0 Å². The van der Waals surface area contributed by atoms with E-state index in [0.717, 1.165) is 23.3 Å². The number of aliphatic imine (C=N–C) groups is 1. The number of hydrogen-bond donors (Lipinski definition) is 2. The number of halogens is 1. The number of hydrogen-bond acceptors (Lipinski definition) is 3. The molecule has 20 heavy (non-hydrogen) atoms. The maximum Gasteiger partial charge on any atom is 0.191 e. The van der Waals surface area contributed by atoms with Crippen LogP contribution in [0.2, 0.25) is 5.02 Å². The Kier molecular flexibility index (Phi) is 8.49. The van der Waals surface area contributed by atoms with E-state index in [1.165, 1.54) is 4.90 Å². The van der Waals surface area contributed by atoms with Crippen molar-refractivity contribution >= 4 is 29.3 Å². The second kappa shape index (κ2) is 9.91. The summed E-state index contributed by atoms with van der Waals surface area (Å²) in [7, 11) is 3.46. The van der Waals surface area contributed by atoms with Crippen molar-refractivity contribution in [2.24, 2.45) is 4.99 Å². The van der Waals surface area contributed by atoms with Crippen molar-refractivity contribution in [2.45, 2.75) is 17.9 Å². The Morgan fingerprint density at radius 1 is 1.40 bits per heavy atom. The average Bonchev–Trinajstić information content (AvgIpc) is 2.44. The van der Waals surface area contributed by atoms with Crippen LogP contribution >= 0.6 is 23.4 Å². The molecular formula is C14H22ClN3OS. The number of nitrogens with one attached hydrogen (secondary N) is 2. The monoisotopic (exact) mass is 315 g/mol. The third-order valence-electron chi connectivity index (χ3n) is 2.50. The van der Waals surface area contributed by atoms with Crippen LogP contribution in [0.5, 0.6) is 0 Å². The van der Waals surface area contributed by atoms with E-state index in [0.29, 0.717) is 6.61 Å². The van der Waals surface area contributed by atoms with Crippen LogP contribution < -0.4 is 10.6 Å². The van der Waals surface area contributed by atoms with Gasteiger partial charge in [-0.25, -0.2) is 0 Å². The van der Waals surface area contributed by atoms with Gasteiger partial charge in [-0.1, -0.05) is 11.6 Å². The number of nitrogens with zero attached hydrogens (tertiary/aromatic N) is 1. The Morgan fingerprint density at radius 2 is 2.10 bits per heavy atom. The number of methoxy groups -OCH3 is 1. The topological polar surface area (TPSA) is 45.7 Å². The van der Waals surface area contributed by atoms with Crippen LogP contribution in [-0.4, -0.2) is 45.1 Å². The molecule has 0 amide bonds. The molecule has 0 aromatic heterocycles. The van der Waals surface area contributed by atoms with E-state index < -0.39 is 0 Å². The minimum absolute atomic E-state index is 0.232. The zero-order valence-corrected chi connectivity index (χ0v) is 13.7. The minimum Gasteiger partial charge on any atom is -0.383 e. The quantitative estimate of drug-likeness (QED) is 0.351. The summed E-state index contributed by atoms with van der Waals surface area (Å²) in [5, 5.41) is 7.31. The SMILES string of the molecule is CN=C(NCCSc1ccc(Cl)cc1)NC(C)COC. The van der Waals surface area contributed by atoms with Gasteiger partial charge in [-0.15, -0.1) is 11.8 Å². The normalized spacial score (nSPS) is 13.1. The van der Waals surface area contributed by atoms with Crippen LogP contribution in [0.1, 0.15) is 6.92 Å². The number of benzene rings is 1. The molecule has 0 aliphatic rings. The lowest BCUT2D eigenvalue weighted by molar-refractivity contribution is 0.179. The summed E-state index contributed by atoms with van der Waals surface area (Å²) in [5.74, 6) is 1.76. The van der Waals surface area contributed by atoms with E-state index in [-0.39, 0.29) is 6.04 Å². The number of rotatable bonds is 7. The van der Waals surface area contributed by atoms with Crippen molar-refractivity contribution in [2.75, 3.05) is 33.1 Å². The molecule has 0 bridgehead atoms. The number of guanidine groups is 1. The van der Waals surface area contributed by atoms with Crippen LogP contribution in [-0.2, 0) is 4.74 Å². The zero-order chi connectivity index (χ0) is 14.8. The third kappa shape index (κ3) is 7.03. The van der Waals surface area contributed by atoms with Crippen LogP contribution in [0, 0.1) is 0 Å². The maximum atomic E-state index is 5.85. The maximum absolute atomic E-state index is 5.85. The summed E-state index contributed by atoms with van der Waals surface area (Å²) in [6.07, 6.45) is 0. The van der Waals surface area contributed by atoms with Gasteiger partial charge in [0.05, 0.1) is 6.61 Å². The highest BCUT2D eigenvalue weighted by Gasteiger charge is 2.03. The molecule has 0 spiro atoms. The first-order valence-electron chi connectivity index (χ1n) is 6.50. The molecular weight excluding hydrogens is 294 g/mol. The van der Waals surface area contributed by atoms with Crippen molar-refractivity contribution in [3.05, 3.63) is 29.3 Å². The molecule has 0 saturated carbocycles. The second-order valence-electron chi connectivity index (χ2n) is 4.30. The molecule has 1 atom stereocenters. The Hall–Kier alpha value is -0.910. The van der Waals surface area contributed by atoms with Gasteiger partial charge in [-0.3, -0.25) is 4.99 Å². The van der Waals surface area contributed by atoms with E-state index in [2.05, 4.69) is 22.5 Å². The van der Waals surface area contributed by atoms with E-state index in [4.69, 9.17) is 16.3 Å². The average molecular weight is 316 g/mol. The Morgan fingerprint density at radius 3 is 2.70 bits per heavy atom. The molecule has 2 N–H and O–H groups in total. The van der Waals surface area contributed by atoms with Gasteiger partial charge in [0, 0.05) is 42.4 Å². The van der Waals surface area contributed by atoms with E-state index in [9.17, 15) is 0 Å². The zero-order valence-electron chi connectivity index (χ0n) is 12.1. The van der Waals surface area contributed by atoms with Crippen molar-refractivity contribution < 1.29 is 4.74 Å². The largest absolute Gasteiger partial charge is 0.383 e. The molecule has 0 aliphatic heterocycles. The number of ether oxygens (including phenoxy) is 1. The molecule has 0 aliphatic carbocycles. The molecule has 112 valence electrons. The fourth-order valence-electron chi connectivity index (χ4n) is 1.59. The van der Waals surface area contributed by atoms with Gasteiger partial charge < -0.3 is 15.4 Å². The van der Waals surface area contributed by atoms with Gasteiger partial charge in [0.15, 0.2) is 5.96 Å². The summed E-state index contributed by atoms with van der Waals surface area (Å²) in [6, 6.07) is 8.10. The molecule has 6 heteroatoms. The fraction of sp³-hybridized carbons (Fsp3) is 0.500. The highest BCUT2D eigenvalue weighted by atomic mass is 35.5. The van der Waals surface area contributed by atoms with Gasteiger partial charge in [0.2, 0.25) is 0 Å². The molecule has 0 heterocycles. The molecule has 0 saturated heterocycles. The summed E-state index contributed by atoms with van der Waals surface area (Å²) < 4.78 is 5.08. The summed E-state index contributed by atoms with van der Waals surface area (Å²) in [5.41, 5.74) is 0. The third-order valence-corrected chi connectivity index (χ3v) is 3.77. The van der Waals surface area contributed by atoms with Crippen molar-refractivity contribution in [1.29, 1.82) is 0 Å². The summed E-state index contributed by atoms with van der Waals surface area (Å²) >= 11 is 7.63. The Bertz CT molecular complexity index is 411. The molecule has 1 aromatic rings. The van der Waals surface area contributed by atoms with Gasteiger partial charge in [0.1, 0.15) is 0 Å². The van der Waals surface area contributed by atoms with Crippen molar-refractivity contribution in [3.63, 3.8) is 0 Å². The standard InChI is InChI=1S/C14H22ClN3OS/c1-11(10-19-3)18-14(16-2)17-8-9-20-13-6-4-12(15)5-7-13/h4-7,11H,8-10H2,1-3H3,(H2,16,17,18). The number of thioether (sulfide) groups is 1. The molecule has 0 fully saturated rings. The highest BCUT2D eigenvalue weighted by molar-refractivity contribution is 7.99. The molecule has 4 nitrogen and oxygen atoms in total. The van der Waals surface area contributed by atoms with Crippen LogP contribution in [0.3, 0.4) is 0 Å². The molecule has 0 radical (unpaired) electrons. The van der Waals surface area contributed by atoms with Gasteiger partial charge >= 0.3 is 0 Å². The smallest absolute Gasteiger partial charge is 0.191 e. The fourth-order valence-corrected chi connectivity index (χ4v) is 2.48. The second-order valence-corrected chi connectivity index (χ2v) is 5.91. The van der Waals surface area contributed by atoms with E-state index in [1.807, 2.05) is 24.3 Å². The predicted octanol–water partition coefficient (Wildman–Crippen LogP) is 2.63.